The lowest BCUT2D eigenvalue weighted by atomic mass is 9.93. The molecule has 0 saturated carbocycles. The standard InChI is InChI=1S/C28H36N6O7S2/c1-27(2,3)20-16-42-26(30-20)32-24(36)17-11-13-34-21(14-17)31-23(33-12-7-8-18(15-33)41-43(29,38)39)19(25(34)37)9-10-22(35)40-28(4,5)6/h9-11,13-14,16,18H,7-8,12,15H2,1-6H3,(H2,29,38,39)(H,30,32,36)/t18-/m1/s1. The van der Waals surface area contributed by atoms with Gasteiger partial charge in [-0.25, -0.2) is 19.9 Å². The summed E-state index contributed by atoms with van der Waals surface area (Å²) in [6, 6.07) is 2.96. The van der Waals surface area contributed by atoms with Crippen molar-refractivity contribution in [3.63, 3.8) is 0 Å². The van der Waals surface area contributed by atoms with Gasteiger partial charge in [0.15, 0.2) is 5.13 Å². The van der Waals surface area contributed by atoms with E-state index >= 15 is 0 Å². The Morgan fingerprint density at radius 3 is 2.53 bits per heavy atom. The molecule has 3 aromatic heterocycles. The van der Waals surface area contributed by atoms with Crippen molar-refractivity contribution in [3.05, 3.63) is 57.0 Å². The maximum absolute atomic E-state index is 13.7. The zero-order chi connectivity index (χ0) is 31.7. The van der Waals surface area contributed by atoms with Gasteiger partial charge < -0.3 is 9.64 Å². The molecule has 43 heavy (non-hydrogen) atoms. The van der Waals surface area contributed by atoms with Gasteiger partial charge in [0.25, 0.3) is 11.5 Å². The highest BCUT2D eigenvalue weighted by Gasteiger charge is 2.28. The van der Waals surface area contributed by atoms with Crippen LogP contribution in [0.1, 0.15) is 76.0 Å². The smallest absolute Gasteiger partial charge is 0.333 e. The minimum Gasteiger partial charge on any atom is -0.457 e. The Hall–Kier alpha value is -3.66. The Morgan fingerprint density at radius 1 is 1.19 bits per heavy atom. The number of hydrogen-bond donors (Lipinski definition) is 2. The molecule has 3 aromatic rings. The number of rotatable bonds is 7. The van der Waals surface area contributed by atoms with Gasteiger partial charge in [-0.15, -0.1) is 11.3 Å². The monoisotopic (exact) mass is 632 g/mol. The van der Waals surface area contributed by atoms with E-state index in [2.05, 4.69) is 15.3 Å². The number of piperidine rings is 1. The molecule has 1 aliphatic heterocycles. The fourth-order valence-electron chi connectivity index (χ4n) is 4.40. The lowest BCUT2D eigenvalue weighted by molar-refractivity contribution is -0.148. The first-order valence-electron chi connectivity index (χ1n) is 13.6. The number of nitrogens with zero attached hydrogens (tertiary/aromatic N) is 4. The van der Waals surface area contributed by atoms with Crippen molar-refractivity contribution in [3.8, 4) is 0 Å². The van der Waals surface area contributed by atoms with E-state index in [1.165, 1.54) is 40.1 Å². The minimum atomic E-state index is -4.21. The second kappa shape index (κ2) is 12.1. The van der Waals surface area contributed by atoms with Gasteiger partial charge in [0.05, 0.1) is 17.4 Å². The SMILES string of the molecule is CC(C)(C)OC(=O)C=Cc1c(N2CCC[C@@H](OS(N)(=O)=O)C2)nc2cc(C(=O)Nc3nc(C(C)(C)C)cs3)ccn2c1=O. The summed E-state index contributed by atoms with van der Waals surface area (Å²) in [6.07, 6.45) is 4.10. The first-order valence-corrected chi connectivity index (χ1v) is 16.0. The van der Waals surface area contributed by atoms with Crippen LogP contribution in [0.5, 0.6) is 0 Å². The number of amides is 1. The maximum Gasteiger partial charge on any atom is 0.333 e. The fourth-order valence-corrected chi connectivity index (χ4v) is 5.87. The van der Waals surface area contributed by atoms with Crippen LogP contribution in [0.3, 0.4) is 0 Å². The average molecular weight is 633 g/mol. The van der Waals surface area contributed by atoms with Crippen LogP contribution in [0, 0.1) is 0 Å². The quantitative estimate of drug-likeness (QED) is 0.291. The van der Waals surface area contributed by atoms with Crippen LogP contribution >= 0.6 is 11.3 Å². The molecule has 0 bridgehead atoms. The van der Waals surface area contributed by atoms with Crippen LogP contribution < -0.4 is 20.9 Å². The number of hydrogen-bond acceptors (Lipinski definition) is 11. The predicted molar refractivity (Wildman–Crippen MR) is 165 cm³/mol. The lowest BCUT2D eigenvalue weighted by Gasteiger charge is -2.33. The van der Waals surface area contributed by atoms with Crippen LogP contribution in [-0.4, -0.2) is 59.5 Å². The number of carbonyl (C=O) groups is 2. The molecule has 232 valence electrons. The number of esters is 1. The molecule has 0 spiro atoms. The minimum absolute atomic E-state index is 0.0760. The van der Waals surface area contributed by atoms with Gasteiger partial charge in [-0.2, -0.15) is 8.42 Å². The number of nitrogens with one attached hydrogen (secondary N) is 1. The van der Waals surface area contributed by atoms with Crippen molar-refractivity contribution in [2.45, 2.75) is 71.5 Å². The maximum atomic E-state index is 13.7. The Morgan fingerprint density at radius 2 is 1.91 bits per heavy atom. The number of pyridine rings is 1. The number of nitrogens with two attached hydrogens (primary N) is 1. The summed E-state index contributed by atoms with van der Waals surface area (Å²) in [7, 11) is -4.21. The second-order valence-corrected chi connectivity index (χ2v) is 14.2. The third kappa shape index (κ3) is 8.46. The highest BCUT2D eigenvalue weighted by Crippen LogP contribution is 2.27. The summed E-state index contributed by atoms with van der Waals surface area (Å²) >= 11 is 1.31. The van der Waals surface area contributed by atoms with Crippen LogP contribution in [0.25, 0.3) is 11.7 Å². The van der Waals surface area contributed by atoms with E-state index < -0.39 is 39.4 Å². The number of aromatic nitrogens is 3. The molecule has 1 fully saturated rings. The normalized spacial score (nSPS) is 16.5. The molecule has 15 heteroatoms. The number of anilines is 2. The number of carbonyl (C=O) groups excluding carboxylic acids is 2. The summed E-state index contributed by atoms with van der Waals surface area (Å²) in [4.78, 5) is 50.1. The highest BCUT2D eigenvalue weighted by atomic mass is 32.2. The summed E-state index contributed by atoms with van der Waals surface area (Å²) in [5.74, 6) is -0.887. The van der Waals surface area contributed by atoms with Crippen molar-refractivity contribution in [1.82, 2.24) is 14.4 Å². The molecule has 0 aromatic carbocycles. The van der Waals surface area contributed by atoms with Gasteiger partial charge >= 0.3 is 16.3 Å². The van der Waals surface area contributed by atoms with E-state index in [9.17, 15) is 22.8 Å². The van der Waals surface area contributed by atoms with Crippen molar-refractivity contribution in [1.29, 1.82) is 0 Å². The molecule has 13 nitrogen and oxygen atoms in total. The van der Waals surface area contributed by atoms with E-state index in [4.69, 9.17) is 14.1 Å². The van der Waals surface area contributed by atoms with Crippen molar-refractivity contribution in [2.75, 3.05) is 23.3 Å². The number of ether oxygens (including phenoxy) is 1. The molecule has 0 aliphatic carbocycles. The second-order valence-electron chi connectivity index (χ2n) is 12.2. The fraction of sp³-hybridized carbons (Fsp3) is 0.464. The zero-order valence-corrected chi connectivity index (χ0v) is 26.5. The van der Waals surface area contributed by atoms with Crippen molar-refractivity contribution >= 4 is 56.2 Å². The highest BCUT2D eigenvalue weighted by molar-refractivity contribution is 7.84. The van der Waals surface area contributed by atoms with Gasteiger partial charge in [0.1, 0.15) is 17.1 Å². The Labute approximate surface area is 254 Å². The van der Waals surface area contributed by atoms with Crippen LogP contribution in [-0.2, 0) is 29.4 Å². The van der Waals surface area contributed by atoms with Crippen molar-refractivity contribution in [2.24, 2.45) is 5.14 Å². The van der Waals surface area contributed by atoms with Crippen LogP contribution in [0.2, 0.25) is 0 Å². The summed E-state index contributed by atoms with van der Waals surface area (Å²) in [5, 5.41) is 10.2. The number of thiazole rings is 1. The van der Waals surface area contributed by atoms with Gasteiger partial charge in [0, 0.05) is 41.7 Å². The molecule has 1 atom stereocenters. The van der Waals surface area contributed by atoms with E-state index in [0.717, 1.165) is 11.8 Å². The molecule has 4 rings (SSSR count). The van der Waals surface area contributed by atoms with Gasteiger partial charge in [-0.1, -0.05) is 20.8 Å². The molecular formula is C28H36N6O7S2. The van der Waals surface area contributed by atoms with E-state index in [0.29, 0.717) is 24.5 Å². The first-order chi connectivity index (χ1) is 19.9. The molecule has 1 amide bonds. The Bertz CT molecular complexity index is 1730. The van der Waals surface area contributed by atoms with Gasteiger partial charge in [-0.3, -0.25) is 23.5 Å². The molecule has 1 aliphatic rings. The van der Waals surface area contributed by atoms with E-state index in [1.807, 2.05) is 26.2 Å². The first kappa shape index (κ1) is 32.3. The third-order valence-corrected chi connectivity index (χ3v) is 7.64. The topological polar surface area (TPSA) is 175 Å². The molecule has 1 saturated heterocycles. The van der Waals surface area contributed by atoms with Crippen LogP contribution in [0.4, 0.5) is 10.9 Å². The Kier molecular flexibility index (Phi) is 9.11. The number of fused-ring (bicyclic) bond motifs is 1. The van der Waals surface area contributed by atoms with E-state index in [-0.39, 0.29) is 34.6 Å². The lowest BCUT2D eigenvalue weighted by Crippen LogP contribution is -2.43. The summed E-state index contributed by atoms with van der Waals surface area (Å²) in [6.45, 7) is 11.8. The summed E-state index contributed by atoms with van der Waals surface area (Å²) < 4.78 is 34.8. The van der Waals surface area contributed by atoms with Gasteiger partial charge in [-0.05, 0) is 51.8 Å². The zero-order valence-electron chi connectivity index (χ0n) is 24.9. The predicted octanol–water partition coefficient (Wildman–Crippen LogP) is 3.24. The Balaban J connectivity index is 1.73. The molecule has 3 N–H and O–H groups in total. The molecule has 0 radical (unpaired) electrons. The van der Waals surface area contributed by atoms with Crippen LogP contribution in [0.15, 0.2) is 34.6 Å². The molecular weight excluding hydrogens is 596 g/mol. The van der Waals surface area contributed by atoms with Crippen molar-refractivity contribution < 1.29 is 26.9 Å². The average Bonchev–Trinajstić information content (AvgIpc) is 3.35. The van der Waals surface area contributed by atoms with Gasteiger partial charge in [0.2, 0.25) is 0 Å². The molecule has 0 unspecified atom stereocenters. The van der Waals surface area contributed by atoms with E-state index in [1.54, 1.807) is 25.7 Å². The third-order valence-electron chi connectivity index (χ3n) is 6.34. The molecule has 4 heterocycles. The summed E-state index contributed by atoms with van der Waals surface area (Å²) in [5.41, 5.74) is -0.0715. The largest absolute Gasteiger partial charge is 0.457 e.